The molecule has 0 radical (unpaired) electrons. The summed E-state index contributed by atoms with van der Waals surface area (Å²) < 4.78 is 11.9. The van der Waals surface area contributed by atoms with Gasteiger partial charge in [-0.2, -0.15) is 0 Å². The van der Waals surface area contributed by atoms with Crippen LogP contribution in [0, 0.1) is 5.92 Å². The van der Waals surface area contributed by atoms with Gasteiger partial charge in [-0.15, -0.1) is 0 Å². The Balaban J connectivity index is 1.83. The van der Waals surface area contributed by atoms with Crippen molar-refractivity contribution in [3.8, 4) is 11.5 Å². The molecular weight excluding hydrogens is 278 g/mol. The number of likely N-dealkylation sites (N-methyl/N-ethyl adjacent to an activating group) is 1. The van der Waals surface area contributed by atoms with Crippen LogP contribution < -0.4 is 9.47 Å². The van der Waals surface area contributed by atoms with Crippen LogP contribution in [0.25, 0.3) is 0 Å². The second-order valence-electron chi connectivity index (χ2n) is 7.11. The molecule has 2 heterocycles. The molecule has 4 nitrogen and oxygen atoms in total. The molecule has 2 aliphatic heterocycles. The molecule has 5 rings (SSSR count). The van der Waals surface area contributed by atoms with Crippen molar-refractivity contribution in [2.24, 2.45) is 5.92 Å². The average molecular weight is 299 g/mol. The zero-order valence-corrected chi connectivity index (χ0v) is 13.0. The topological polar surface area (TPSA) is 41.9 Å². The zero-order valence-electron chi connectivity index (χ0n) is 13.0. The maximum atomic E-state index is 10.7. The van der Waals surface area contributed by atoms with Crippen LogP contribution in [0.2, 0.25) is 0 Å². The Morgan fingerprint density at radius 1 is 1.36 bits per heavy atom. The van der Waals surface area contributed by atoms with Gasteiger partial charge in [-0.05, 0) is 44.1 Å². The third-order valence-electron chi connectivity index (χ3n) is 6.38. The van der Waals surface area contributed by atoms with Crippen molar-refractivity contribution < 1.29 is 14.6 Å². The maximum Gasteiger partial charge on any atom is 0.166 e. The fraction of sp³-hybridized carbons (Fsp3) is 0.556. The molecule has 1 spiro atoms. The molecule has 5 atom stereocenters. The van der Waals surface area contributed by atoms with E-state index in [0.717, 1.165) is 30.9 Å². The third-order valence-corrected chi connectivity index (χ3v) is 6.38. The van der Waals surface area contributed by atoms with Gasteiger partial charge < -0.3 is 19.5 Å². The number of ether oxygens (including phenoxy) is 2. The number of hydrogen-bond acceptors (Lipinski definition) is 4. The molecule has 116 valence electrons. The quantitative estimate of drug-likeness (QED) is 0.798. The molecular formula is C18H21NO3. The van der Waals surface area contributed by atoms with E-state index in [9.17, 15) is 5.11 Å². The Labute approximate surface area is 130 Å². The number of nitrogens with zero attached hydrogens (tertiary/aromatic N) is 1. The van der Waals surface area contributed by atoms with E-state index in [1.165, 1.54) is 11.1 Å². The minimum Gasteiger partial charge on any atom is -0.493 e. The number of rotatable bonds is 1. The first kappa shape index (κ1) is 13.0. The van der Waals surface area contributed by atoms with Crippen molar-refractivity contribution in [2.45, 2.75) is 36.5 Å². The number of aliphatic hydroxyl groups is 1. The number of aliphatic hydroxyl groups excluding tert-OH is 1. The predicted molar refractivity (Wildman–Crippen MR) is 82.5 cm³/mol. The Bertz CT molecular complexity index is 685. The average Bonchev–Trinajstić information content (AvgIpc) is 2.86. The van der Waals surface area contributed by atoms with Crippen LogP contribution >= 0.6 is 0 Å². The summed E-state index contributed by atoms with van der Waals surface area (Å²) in [5, 5.41) is 10.7. The van der Waals surface area contributed by atoms with Crippen molar-refractivity contribution >= 4 is 0 Å². The fourth-order valence-corrected chi connectivity index (χ4v) is 5.46. The molecule has 0 saturated carbocycles. The monoisotopic (exact) mass is 299 g/mol. The van der Waals surface area contributed by atoms with Crippen LogP contribution in [0.3, 0.4) is 0 Å². The van der Waals surface area contributed by atoms with Crippen LogP contribution in [0.5, 0.6) is 11.5 Å². The molecule has 0 aromatic heterocycles. The third kappa shape index (κ3) is 1.28. The van der Waals surface area contributed by atoms with E-state index in [2.05, 4.69) is 24.1 Å². The highest BCUT2D eigenvalue weighted by Gasteiger charge is 2.64. The van der Waals surface area contributed by atoms with Crippen molar-refractivity contribution in [1.82, 2.24) is 4.90 Å². The van der Waals surface area contributed by atoms with Gasteiger partial charge in [0.2, 0.25) is 0 Å². The number of methoxy groups -OCH3 is 1. The standard InChI is InChI=1S/C18H21NO3/c1-19-8-7-18-14-6-4-12(20)16(18)11(19)9-10-3-5-13(21-2)17(22-14)15(10)18/h3-6,11-12,14,16,20H,7-9H2,1-2H3/t11-,12-,14+,16-,18-/m1/s1. The van der Waals surface area contributed by atoms with Gasteiger partial charge in [0.1, 0.15) is 6.10 Å². The summed E-state index contributed by atoms with van der Waals surface area (Å²) in [6, 6.07) is 4.60. The van der Waals surface area contributed by atoms with E-state index in [1.54, 1.807) is 7.11 Å². The second-order valence-corrected chi connectivity index (χ2v) is 7.11. The first-order chi connectivity index (χ1) is 10.7. The normalized spacial score (nSPS) is 41.0. The highest BCUT2D eigenvalue weighted by molar-refractivity contribution is 5.62. The Hall–Kier alpha value is -1.52. The SMILES string of the molecule is COc1ccc2c3c1O[C@H]1C=C[C@@H](O)[C@H]4[C@@H](C2)N(C)CC[C@@]341. The molecule has 1 aromatic carbocycles. The molecule has 2 bridgehead atoms. The van der Waals surface area contributed by atoms with E-state index in [4.69, 9.17) is 9.47 Å². The summed E-state index contributed by atoms with van der Waals surface area (Å²) in [5.41, 5.74) is 2.60. The summed E-state index contributed by atoms with van der Waals surface area (Å²) in [4.78, 5) is 2.42. The number of hydrogen-bond donors (Lipinski definition) is 1. The molecule has 1 aromatic rings. The summed E-state index contributed by atoms with van der Waals surface area (Å²) in [5.74, 6) is 1.94. The molecule has 1 N–H and O–H groups in total. The molecule has 1 saturated heterocycles. The van der Waals surface area contributed by atoms with E-state index in [1.807, 2.05) is 12.1 Å². The van der Waals surface area contributed by atoms with Gasteiger partial charge in [-0.25, -0.2) is 0 Å². The molecule has 1 fully saturated rings. The van der Waals surface area contributed by atoms with Crippen molar-refractivity contribution in [3.05, 3.63) is 35.4 Å². The van der Waals surface area contributed by atoms with Gasteiger partial charge in [0.05, 0.1) is 13.2 Å². The van der Waals surface area contributed by atoms with Crippen LogP contribution in [-0.4, -0.2) is 49.0 Å². The van der Waals surface area contributed by atoms with Gasteiger partial charge in [0.25, 0.3) is 0 Å². The van der Waals surface area contributed by atoms with Gasteiger partial charge in [0.15, 0.2) is 11.5 Å². The smallest absolute Gasteiger partial charge is 0.166 e. The largest absolute Gasteiger partial charge is 0.493 e. The van der Waals surface area contributed by atoms with Crippen LogP contribution in [0.1, 0.15) is 17.5 Å². The van der Waals surface area contributed by atoms with Crippen LogP contribution in [-0.2, 0) is 11.8 Å². The Morgan fingerprint density at radius 3 is 3.05 bits per heavy atom. The lowest BCUT2D eigenvalue weighted by Crippen LogP contribution is -2.65. The highest BCUT2D eigenvalue weighted by atomic mass is 16.5. The lowest BCUT2D eigenvalue weighted by Gasteiger charge is -2.57. The molecule has 2 aliphatic carbocycles. The van der Waals surface area contributed by atoms with Crippen molar-refractivity contribution in [1.29, 1.82) is 0 Å². The second kappa shape index (κ2) is 4.06. The van der Waals surface area contributed by atoms with Gasteiger partial charge in [-0.3, -0.25) is 0 Å². The van der Waals surface area contributed by atoms with Gasteiger partial charge in [0, 0.05) is 22.9 Å². The molecule has 0 unspecified atom stereocenters. The first-order valence-electron chi connectivity index (χ1n) is 8.10. The molecule has 4 aliphatic rings. The lowest BCUT2D eigenvalue weighted by molar-refractivity contribution is -0.0575. The first-order valence-corrected chi connectivity index (χ1v) is 8.10. The van der Waals surface area contributed by atoms with Crippen molar-refractivity contribution in [2.75, 3.05) is 20.7 Å². The highest BCUT2D eigenvalue weighted by Crippen LogP contribution is 2.62. The van der Waals surface area contributed by atoms with E-state index in [-0.39, 0.29) is 17.4 Å². The minimum atomic E-state index is -0.391. The summed E-state index contributed by atoms with van der Waals surface area (Å²) >= 11 is 0. The number of piperidine rings is 1. The maximum absolute atomic E-state index is 10.7. The van der Waals surface area contributed by atoms with Crippen LogP contribution in [0.4, 0.5) is 0 Å². The molecule has 4 heteroatoms. The van der Waals surface area contributed by atoms with E-state index < -0.39 is 6.10 Å². The number of benzene rings is 1. The summed E-state index contributed by atoms with van der Waals surface area (Å²) in [7, 11) is 3.88. The fourth-order valence-electron chi connectivity index (χ4n) is 5.46. The van der Waals surface area contributed by atoms with Gasteiger partial charge >= 0.3 is 0 Å². The van der Waals surface area contributed by atoms with Gasteiger partial charge in [-0.1, -0.05) is 12.1 Å². The summed E-state index contributed by atoms with van der Waals surface area (Å²) in [6.45, 7) is 1.05. The summed E-state index contributed by atoms with van der Waals surface area (Å²) in [6.07, 6.45) is 5.65. The Kier molecular flexibility index (Phi) is 2.39. The molecule has 0 amide bonds. The lowest BCUT2D eigenvalue weighted by atomic mass is 9.52. The van der Waals surface area contributed by atoms with E-state index in [0.29, 0.717) is 6.04 Å². The van der Waals surface area contributed by atoms with Crippen molar-refractivity contribution in [3.63, 3.8) is 0 Å². The van der Waals surface area contributed by atoms with E-state index >= 15 is 0 Å². The zero-order chi connectivity index (χ0) is 15.1. The minimum absolute atomic E-state index is 0.0300. The Morgan fingerprint density at radius 2 is 2.23 bits per heavy atom. The number of likely N-dealkylation sites (tertiary alicyclic amines) is 1. The van der Waals surface area contributed by atoms with Crippen LogP contribution in [0.15, 0.2) is 24.3 Å². The molecule has 22 heavy (non-hydrogen) atoms. The predicted octanol–water partition coefficient (Wildman–Crippen LogP) is 1.50.